The fourth-order valence-electron chi connectivity index (χ4n) is 5.79. The van der Waals surface area contributed by atoms with Crippen molar-refractivity contribution in [2.24, 2.45) is 0 Å². The van der Waals surface area contributed by atoms with Gasteiger partial charge in [-0.3, -0.25) is 0 Å². The summed E-state index contributed by atoms with van der Waals surface area (Å²) in [4.78, 5) is 9.30. The smallest absolute Gasteiger partial charge is 0.0366 e. The van der Waals surface area contributed by atoms with Gasteiger partial charge >= 0.3 is 0 Å². The third-order valence-electron chi connectivity index (χ3n) is 9.21. The molecular weight excluding hydrogens is 1100 g/mol. The van der Waals surface area contributed by atoms with Crippen LogP contribution in [0.25, 0.3) is 0 Å². The molecule has 0 amide bonds. The van der Waals surface area contributed by atoms with Crippen LogP contribution in [0.3, 0.4) is 0 Å². The van der Waals surface area contributed by atoms with E-state index in [2.05, 4.69) is 259 Å². The van der Waals surface area contributed by atoms with Gasteiger partial charge in [-0.2, -0.15) is 0 Å². The van der Waals surface area contributed by atoms with Crippen LogP contribution in [-0.2, 0) is 0 Å². The van der Waals surface area contributed by atoms with Gasteiger partial charge in [0.2, 0.25) is 0 Å². The lowest BCUT2D eigenvalue weighted by Gasteiger charge is -2.20. The minimum Gasteiger partial charge on any atom is -0.399 e. The fourth-order valence-corrected chi connectivity index (χ4v) is 6.87. The van der Waals surface area contributed by atoms with Gasteiger partial charge in [0, 0.05) is 103 Å². The van der Waals surface area contributed by atoms with Gasteiger partial charge in [0.1, 0.15) is 0 Å². The summed E-state index contributed by atoms with van der Waals surface area (Å²) in [6.45, 7) is 32.0. The molecule has 0 aliphatic rings. The zero-order chi connectivity index (χ0) is 46.7. The minimum atomic E-state index is 0.824. The van der Waals surface area contributed by atoms with Crippen LogP contribution in [0.5, 0.6) is 0 Å². The lowest BCUT2D eigenvalue weighted by Crippen LogP contribution is -2.21. The van der Waals surface area contributed by atoms with Crippen molar-refractivity contribution in [2.75, 3.05) is 77.7 Å². The van der Waals surface area contributed by atoms with Gasteiger partial charge in [-0.1, -0.05) is 32.1 Å². The maximum atomic E-state index is 5.42. The Morgan fingerprint density at radius 3 is 0.839 bits per heavy atom. The molecule has 5 rings (SSSR count). The normalized spacial score (nSPS) is 9.31. The SMILES string of the molecule is C#Cc1ccc(N(CC)CC)cc1.CC#Cc1ccc(N(CC)CC)cc1.CCC.CCN(CC)c1ccc(I)cc1.CCN(CC)c1ccc(I)cc1.Nc1ccc(I)cc1. The number of anilines is 5. The molecule has 0 aromatic heterocycles. The van der Waals surface area contributed by atoms with Crippen molar-refractivity contribution in [3.8, 4) is 24.2 Å². The molecule has 0 saturated carbocycles. The molecule has 0 radical (unpaired) electrons. The van der Waals surface area contributed by atoms with Crippen LogP contribution in [0.2, 0.25) is 0 Å². The summed E-state index contributed by atoms with van der Waals surface area (Å²) in [5.74, 6) is 8.55. The van der Waals surface area contributed by atoms with E-state index in [-0.39, 0.29) is 0 Å². The highest BCUT2D eigenvalue weighted by atomic mass is 127. The Hall–Kier alpha value is -3.59. The van der Waals surface area contributed by atoms with Gasteiger partial charge in [0.25, 0.3) is 0 Å². The van der Waals surface area contributed by atoms with Gasteiger partial charge in [0.05, 0.1) is 0 Å². The van der Waals surface area contributed by atoms with E-state index < -0.39 is 0 Å². The maximum Gasteiger partial charge on any atom is 0.0366 e. The quantitative estimate of drug-likeness (QED) is 0.0766. The zero-order valence-electron chi connectivity index (χ0n) is 39.5. The first-order valence-electron chi connectivity index (χ1n) is 22.0. The van der Waals surface area contributed by atoms with Gasteiger partial charge in [0.15, 0.2) is 0 Å². The largest absolute Gasteiger partial charge is 0.399 e. The van der Waals surface area contributed by atoms with Crippen LogP contribution >= 0.6 is 67.8 Å². The van der Waals surface area contributed by atoms with E-state index in [1.807, 2.05) is 43.3 Å². The molecule has 0 aliphatic carbocycles. The second kappa shape index (κ2) is 36.8. The molecule has 2 N–H and O–H groups in total. The summed E-state index contributed by atoms with van der Waals surface area (Å²) in [7, 11) is 0. The van der Waals surface area contributed by atoms with E-state index in [9.17, 15) is 0 Å². The molecule has 5 aromatic rings. The fraction of sp³-hybridized carbons (Fsp3) is 0.370. The molecule has 0 aliphatic heterocycles. The molecular formula is C54H74I3N5. The molecule has 5 nitrogen and oxygen atoms in total. The van der Waals surface area contributed by atoms with Crippen LogP contribution in [0, 0.1) is 34.9 Å². The molecule has 0 spiro atoms. The van der Waals surface area contributed by atoms with E-state index in [1.165, 1.54) is 39.9 Å². The summed E-state index contributed by atoms with van der Waals surface area (Å²) >= 11 is 6.89. The first kappa shape index (κ1) is 58.4. The second-order valence-corrected chi connectivity index (χ2v) is 17.3. The Morgan fingerprint density at radius 2 is 0.629 bits per heavy atom. The van der Waals surface area contributed by atoms with E-state index in [0.717, 1.165) is 69.2 Å². The average Bonchev–Trinajstić information content (AvgIpc) is 3.30. The molecule has 0 heterocycles. The number of halogens is 3. The number of nitrogen functional groups attached to an aromatic ring is 1. The Balaban J connectivity index is 0.000000744. The molecule has 0 unspecified atom stereocenters. The van der Waals surface area contributed by atoms with Gasteiger partial charge in [-0.15, -0.1) is 12.3 Å². The Bertz CT molecular complexity index is 1840. The lowest BCUT2D eigenvalue weighted by atomic mass is 10.2. The highest BCUT2D eigenvalue weighted by Gasteiger charge is 2.02. The third-order valence-corrected chi connectivity index (χ3v) is 11.4. The Morgan fingerprint density at radius 1 is 0.403 bits per heavy atom. The van der Waals surface area contributed by atoms with Crippen LogP contribution < -0.4 is 25.3 Å². The van der Waals surface area contributed by atoms with E-state index >= 15 is 0 Å². The summed E-state index contributed by atoms with van der Waals surface area (Å²) in [5.41, 5.74) is 13.4. The monoisotopic (exact) mass is 1170 g/mol. The molecule has 336 valence electrons. The number of nitrogens with two attached hydrogens (primary N) is 1. The highest BCUT2D eigenvalue weighted by molar-refractivity contribution is 14.1. The molecule has 62 heavy (non-hydrogen) atoms. The summed E-state index contributed by atoms with van der Waals surface area (Å²) in [6, 6.07) is 41.5. The van der Waals surface area contributed by atoms with Gasteiger partial charge < -0.3 is 25.3 Å². The molecule has 0 saturated heterocycles. The van der Waals surface area contributed by atoms with Gasteiger partial charge in [-0.25, -0.2) is 0 Å². The van der Waals surface area contributed by atoms with Crippen LogP contribution in [0.15, 0.2) is 121 Å². The number of nitrogens with zero attached hydrogens (tertiary/aromatic N) is 4. The number of rotatable bonds is 12. The van der Waals surface area contributed by atoms with Crippen molar-refractivity contribution in [3.05, 3.63) is 143 Å². The second-order valence-electron chi connectivity index (χ2n) is 13.5. The molecule has 0 atom stereocenters. The third kappa shape index (κ3) is 24.9. The van der Waals surface area contributed by atoms with E-state index in [4.69, 9.17) is 12.2 Å². The van der Waals surface area contributed by atoms with Crippen molar-refractivity contribution < 1.29 is 0 Å². The number of benzene rings is 5. The van der Waals surface area contributed by atoms with Gasteiger partial charge in [-0.05, 0) is 251 Å². The van der Waals surface area contributed by atoms with Crippen LogP contribution in [-0.4, -0.2) is 52.4 Å². The van der Waals surface area contributed by atoms with Crippen molar-refractivity contribution in [1.82, 2.24) is 0 Å². The van der Waals surface area contributed by atoms with E-state index in [0.29, 0.717) is 0 Å². The zero-order valence-corrected chi connectivity index (χ0v) is 46.0. The van der Waals surface area contributed by atoms with Crippen molar-refractivity contribution >= 4 is 96.2 Å². The first-order valence-corrected chi connectivity index (χ1v) is 25.2. The van der Waals surface area contributed by atoms with Crippen molar-refractivity contribution in [2.45, 2.75) is 82.6 Å². The molecule has 0 bridgehead atoms. The number of hydrogen-bond donors (Lipinski definition) is 1. The average molecular weight is 1170 g/mol. The Labute approximate surface area is 420 Å². The minimum absolute atomic E-state index is 0.824. The molecule has 8 heteroatoms. The molecule has 5 aromatic carbocycles. The first-order chi connectivity index (χ1) is 29.9. The molecule has 0 fully saturated rings. The standard InChI is InChI=1S/C13H17N.C12H15N.2C10H14IN.C6H6IN.C3H8/c1-4-7-12-8-10-13(11-9-12)14(5-2)6-3;1-4-11-7-9-12(10-8-11)13(5-2)6-3;2*1-3-12(4-2)10-7-5-9(11)6-8-10;7-5-1-3-6(8)4-2-5;1-3-2/h8-11H,5-6H2,1-3H3;1,7-10H,5-6H2,2-3H3;2*5-8H,3-4H2,1-2H3;1-4H,8H2;3H2,1-2H3. The summed E-state index contributed by atoms with van der Waals surface area (Å²) in [5, 5.41) is 0. The Kier molecular flexibility index (Phi) is 34.7. The summed E-state index contributed by atoms with van der Waals surface area (Å²) in [6.07, 6.45) is 6.53. The van der Waals surface area contributed by atoms with Crippen molar-refractivity contribution in [3.63, 3.8) is 0 Å². The van der Waals surface area contributed by atoms with Crippen LogP contribution in [0.1, 0.15) is 93.7 Å². The predicted molar refractivity (Wildman–Crippen MR) is 305 cm³/mol. The van der Waals surface area contributed by atoms with Crippen LogP contribution in [0.4, 0.5) is 28.4 Å². The number of terminal acetylenes is 1. The highest BCUT2D eigenvalue weighted by Crippen LogP contribution is 2.18. The van der Waals surface area contributed by atoms with E-state index in [1.54, 1.807) is 0 Å². The maximum absolute atomic E-state index is 5.42. The lowest BCUT2D eigenvalue weighted by molar-refractivity contribution is 0.866. The predicted octanol–water partition coefficient (Wildman–Crippen LogP) is 15.0. The topological polar surface area (TPSA) is 39.0 Å². The summed E-state index contributed by atoms with van der Waals surface area (Å²) < 4.78 is 3.81. The number of hydrogen-bond acceptors (Lipinski definition) is 5. The van der Waals surface area contributed by atoms with Crippen molar-refractivity contribution in [1.29, 1.82) is 0 Å².